The minimum atomic E-state index is -0.191. The van der Waals surface area contributed by atoms with Crippen LogP contribution in [0.3, 0.4) is 0 Å². The Labute approximate surface area is 140 Å². The maximum absolute atomic E-state index is 11.2. The van der Waals surface area contributed by atoms with Crippen molar-refractivity contribution in [2.75, 3.05) is 45.8 Å². The van der Waals surface area contributed by atoms with E-state index in [1.807, 2.05) is 0 Å². The van der Waals surface area contributed by atoms with Crippen molar-refractivity contribution in [3.05, 3.63) is 0 Å². The monoisotopic (exact) mass is 323 g/mol. The van der Waals surface area contributed by atoms with Crippen LogP contribution in [0.15, 0.2) is 4.99 Å². The lowest BCUT2D eigenvalue weighted by atomic mass is 9.95. The summed E-state index contributed by atoms with van der Waals surface area (Å²) >= 11 is 0. The van der Waals surface area contributed by atoms with Crippen molar-refractivity contribution >= 4 is 11.9 Å². The van der Waals surface area contributed by atoms with Gasteiger partial charge in [-0.1, -0.05) is 6.42 Å². The Kier molecular flexibility index (Phi) is 7.65. The summed E-state index contributed by atoms with van der Waals surface area (Å²) in [6.07, 6.45) is 6.71. The number of hydrogen-bond acceptors (Lipinski definition) is 3. The van der Waals surface area contributed by atoms with Gasteiger partial charge < -0.3 is 20.9 Å². The van der Waals surface area contributed by atoms with Crippen LogP contribution in [0.5, 0.6) is 0 Å². The number of guanidine groups is 1. The average Bonchev–Trinajstić information content (AvgIpc) is 2.55. The Morgan fingerprint density at radius 2 is 2.00 bits per heavy atom. The number of likely N-dealkylation sites (tertiary alicyclic amines) is 2. The lowest BCUT2D eigenvalue weighted by molar-refractivity contribution is -0.119. The number of rotatable bonds is 6. The van der Waals surface area contributed by atoms with Crippen LogP contribution < -0.4 is 11.1 Å². The third-order valence-electron chi connectivity index (χ3n) is 4.77. The molecular formula is C17H33N5O. The highest BCUT2D eigenvalue weighted by atomic mass is 16.1. The zero-order chi connectivity index (χ0) is 16.5. The fourth-order valence-corrected chi connectivity index (χ4v) is 3.61. The molecule has 2 fully saturated rings. The molecule has 23 heavy (non-hydrogen) atoms. The summed E-state index contributed by atoms with van der Waals surface area (Å²) in [6, 6.07) is 0. The zero-order valence-corrected chi connectivity index (χ0v) is 14.6. The first-order valence-electron chi connectivity index (χ1n) is 9.23. The molecule has 0 radical (unpaired) electrons. The first kappa shape index (κ1) is 18.0. The van der Waals surface area contributed by atoms with E-state index in [2.05, 4.69) is 22.0 Å². The zero-order valence-electron chi connectivity index (χ0n) is 14.6. The molecule has 0 aliphatic carbocycles. The number of hydrogen-bond donors (Lipinski definition) is 2. The molecule has 132 valence electrons. The van der Waals surface area contributed by atoms with Gasteiger partial charge in [0.2, 0.25) is 5.91 Å². The van der Waals surface area contributed by atoms with Crippen molar-refractivity contribution in [1.29, 1.82) is 0 Å². The molecule has 0 aromatic carbocycles. The summed E-state index contributed by atoms with van der Waals surface area (Å²) in [4.78, 5) is 20.8. The van der Waals surface area contributed by atoms with E-state index in [0.717, 1.165) is 51.5 Å². The number of carbonyl (C=O) groups is 1. The maximum Gasteiger partial charge on any atom is 0.217 e. The van der Waals surface area contributed by atoms with Crippen LogP contribution in [0.4, 0.5) is 0 Å². The van der Waals surface area contributed by atoms with Crippen LogP contribution in [0.2, 0.25) is 0 Å². The molecule has 2 aliphatic rings. The molecule has 0 saturated carbocycles. The summed E-state index contributed by atoms with van der Waals surface area (Å²) in [7, 11) is 0. The minimum absolute atomic E-state index is 0.191. The van der Waals surface area contributed by atoms with Crippen molar-refractivity contribution in [2.45, 2.75) is 45.4 Å². The van der Waals surface area contributed by atoms with Gasteiger partial charge in [-0.15, -0.1) is 0 Å². The molecular weight excluding hydrogens is 290 g/mol. The standard InChI is InChI=1S/C17H33N5O/c1-2-19-17(20-8-12-21-9-4-3-5-10-21)22-11-6-7-15(14-22)13-16(18)23/h15H,2-14H2,1H3,(H2,18,23)(H,19,20). The molecule has 0 aromatic rings. The van der Waals surface area contributed by atoms with Crippen molar-refractivity contribution < 1.29 is 4.79 Å². The van der Waals surface area contributed by atoms with Gasteiger partial charge in [0, 0.05) is 32.6 Å². The predicted octanol–water partition coefficient (Wildman–Crippen LogP) is 1.03. The summed E-state index contributed by atoms with van der Waals surface area (Å²) in [6.45, 7) is 9.22. The summed E-state index contributed by atoms with van der Waals surface area (Å²) in [5.74, 6) is 1.18. The van der Waals surface area contributed by atoms with Gasteiger partial charge in [0.15, 0.2) is 5.96 Å². The maximum atomic E-state index is 11.2. The van der Waals surface area contributed by atoms with Crippen molar-refractivity contribution in [1.82, 2.24) is 15.1 Å². The second kappa shape index (κ2) is 9.75. The van der Waals surface area contributed by atoms with Crippen LogP contribution in [0, 0.1) is 5.92 Å². The van der Waals surface area contributed by atoms with Crippen LogP contribution in [0.1, 0.15) is 45.4 Å². The highest BCUT2D eigenvalue weighted by molar-refractivity contribution is 5.80. The Balaban J connectivity index is 1.85. The molecule has 2 saturated heterocycles. The average molecular weight is 323 g/mol. The second-order valence-electron chi connectivity index (χ2n) is 6.76. The number of amides is 1. The van der Waals surface area contributed by atoms with Gasteiger partial charge in [0.05, 0.1) is 6.54 Å². The van der Waals surface area contributed by atoms with Crippen LogP contribution in [-0.4, -0.2) is 67.5 Å². The smallest absolute Gasteiger partial charge is 0.217 e. The summed E-state index contributed by atoms with van der Waals surface area (Å²) < 4.78 is 0. The van der Waals surface area contributed by atoms with E-state index < -0.39 is 0 Å². The van der Waals surface area contributed by atoms with Gasteiger partial charge in [-0.05, 0) is 51.6 Å². The number of aliphatic imine (C=N–C) groups is 1. The minimum Gasteiger partial charge on any atom is -0.370 e. The Morgan fingerprint density at radius 3 is 2.70 bits per heavy atom. The van der Waals surface area contributed by atoms with Crippen LogP contribution in [0.25, 0.3) is 0 Å². The molecule has 2 aliphatic heterocycles. The lowest BCUT2D eigenvalue weighted by Gasteiger charge is -2.35. The van der Waals surface area contributed by atoms with E-state index in [4.69, 9.17) is 10.7 Å². The SMILES string of the molecule is CCNC(=NCCN1CCCCC1)N1CCCC(CC(N)=O)C1. The quantitative estimate of drug-likeness (QED) is 0.565. The van der Waals surface area contributed by atoms with Crippen LogP contribution in [-0.2, 0) is 4.79 Å². The number of carbonyl (C=O) groups excluding carboxylic acids is 1. The largest absolute Gasteiger partial charge is 0.370 e. The lowest BCUT2D eigenvalue weighted by Crippen LogP contribution is -2.47. The number of nitrogens with zero attached hydrogens (tertiary/aromatic N) is 3. The van der Waals surface area contributed by atoms with Gasteiger partial charge in [-0.2, -0.15) is 0 Å². The van der Waals surface area contributed by atoms with Crippen molar-refractivity contribution in [3.63, 3.8) is 0 Å². The second-order valence-corrected chi connectivity index (χ2v) is 6.76. The molecule has 6 nitrogen and oxygen atoms in total. The highest BCUT2D eigenvalue weighted by Crippen LogP contribution is 2.19. The fraction of sp³-hybridized carbons (Fsp3) is 0.882. The van der Waals surface area contributed by atoms with Gasteiger partial charge in [0.1, 0.15) is 0 Å². The van der Waals surface area contributed by atoms with Crippen LogP contribution >= 0.6 is 0 Å². The third kappa shape index (κ3) is 6.37. The van der Waals surface area contributed by atoms with E-state index in [9.17, 15) is 4.79 Å². The number of piperidine rings is 2. The summed E-state index contributed by atoms with van der Waals surface area (Å²) in [5, 5.41) is 3.41. The highest BCUT2D eigenvalue weighted by Gasteiger charge is 2.23. The Morgan fingerprint density at radius 1 is 1.22 bits per heavy atom. The molecule has 1 amide bonds. The Bertz CT molecular complexity index is 392. The van der Waals surface area contributed by atoms with E-state index in [0.29, 0.717) is 12.3 Å². The van der Waals surface area contributed by atoms with Crippen molar-refractivity contribution in [2.24, 2.45) is 16.6 Å². The molecule has 0 bridgehead atoms. The van der Waals surface area contributed by atoms with Gasteiger partial charge in [-0.25, -0.2) is 0 Å². The number of nitrogens with one attached hydrogen (secondary N) is 1. The van der Waals surface area contributed by atoms with E-state index in [1.165, 1.54) is 32.4 Å². The van der Waals surface area contributed by atoms with Crippen molar-refractivity contribution in [3.8, 4) is 0 Å². The third-order valence-corrected chi connectivity index (χ3v) is 4.77. The predicted molar refractivity (Wildman–Crippen MR) is 94.4 cm³/mol. The molecule has 6 heteroatoms. The molecule has 0 spiro atoms. The number of primary amides is 1. The topological polar surface area (TPSA) is 74.0 Å². The number of nitrogens with two attached hydrogens (primary N) is 1. The molecule has 2 rings (SSSR count). The normalized spacial score (nSPS) is 23.8. The summed E-state index contributed by atoms with van der Waals surface area (Å²) in [5.41, 5.74) is 5.36. The molecule has 0 aromatic heterocycles. The van der Waals surface area contributed by atoms with Gasteiger partial charge in [-0.3, -0.25) is 9.79 Å². The Hall–Kier alpha value is -1.30. The van der Waals surface area contributed by atoms with Gasteiger partial charge in [0.25, 0.3) is 0 Å². The molecule has 1 unspecified atom stereocenters. The van der Waals surface area contributed by atoms with E-state index in [1.54, 1.807) is 0 Å². The molecule has 3 N–H and O–H groups in total. The van der Waals surface area contributed by atoms with Gasteiger partial charge >= 0.3 is 0 Å². The van der Waals surface area contributed by atoms with E-state index in [-0.39, 0.29) is 5.91 Å². The van der Waals surface area contributed by atoms with E-state index >= 15 is 0 Å². The first-order chi connectivity index (χ1) is 11.2. The fourth-order valence-electron chi connectivity index (χ4n) is 3.61. The molecule has 2 heterocycles. The first-order valence-corrected chi connectivity index (χ1v) is 9.23. The molecule has 1 atom stereocenters.